The number of piperidine rings is 1. The van der Waals surface area contributed by atoms with Gasteiger partial charge in [-0.25, -0.2) is 14.1 Å². The van der Waals surface area contributed by atoms with E-state index in [-0.39, 0.29) is 23.9 Å². The van der Waals surface area contributed by atoms with Gasteiger partial charge in [0, 0.05) is 36.8 Å². The fraction of sp³-hybridized carbons (Fsp3) is 0.360. The zero-order valence-corrected chi connectivity index (χ0v) is 19.2. The van der Waals surface area contributed by atoms with E-state index in [1.165, 1.54) is 6.07 Å². The second-order valence-corrected chi connectivity index (χ2v) is 9.14. The maximum atomic E-state index is 14.2. The summed E-state index contributed by atoms with van der Waals surface area (Å²) in [6, 6.07) is 12.3. The molecule has 2 aromatic carbocycles. The highest BCUT2D eigenvalue weighted by atomic mass is 19.1. The molecule has 180 valence electrons. The Labute approximate surface area is 201 Å². The topological polar surface area (TPSA) is 101 Å². The minimum absolute atomic E-state index is 0.0612. The molecule has 1 fully saturated rings. The third kappa shape index (κ3) is 4.42. The molecule has 6 rings (SSSR count). The molecule has 9 nitrogen and oxygen atoms in total. The number of H-pyrrole nitrogens is 1. The summed E-state index contributed by atoms with van der Waals surface area (Å²) >= 11 is 0. The molecule has 4 aromatic rings. The van der Waals surface area contributed by atoms with Gasteiger partial charge in [-0.3, -0.25) is 9.69 Å². The number of aromatic nitrogens is 5. The van der Waals surface area contributed by atoms with Crippen LogP contribution in [-0.4, -0.2) is 54.9 Å². The summed E-state index contributed by atoms with van der Waals surface area (Å²) in [5.41, 5.74) is 4.72. The predicted octanol–water partition coefficient (Wildman–Crippen LogP) is 2.96. The number of aromatic amines is 1. The van der Waals surface area contributed by atoms with E-state index in [1.807, 2.05) is 22.9 Å². The van der Waals surface area contributed by atoms with Crippen molar-refractivity contribution in [3.63, 3.8) is 0 Å². The van der Waals surface area contributed by atoms with E-state index in [1.54, 1.807) is 24.5 Å². The third-order valence-electron chi connectivity index (χ3n) is 6.91. The van der Waals surface area contributed by atoms with Crippen LogP contribution >= 0.6 is 0 Å². The molecule has 1 atom stereocenters. The molecule has 0 spiro atoms. The van der Waals surface area contributed by atoms with Gasteiger partial charge < -0.3 is 15.0 Å². The van der Waals surface area contributed by atoms with Gasteiger partial charge in [0.15, 0.2) is 0 Å². The molecule has 2 aliphatic rings. The quantitative estimate of drug-likeness (QED) is 0.460. The molecule has 0 radical (unpaired) electrons. The van der Waals surface area contributed by atoms with Gasteiger partial charge in [0.25, 0.3) is 5.91 Å². The van der Waals surface area contributed by atoms with Crippen molar-refractivity contribution in [2.45, 2.75) is 44.7 Å². The van der Waals surface area contributed by atoms with E-state index >= 15 is 0 Å². The third-order valence-corrected chi connectivity index (χ3v) is 6.91. The number of carbonyl (C=O) groups excluding carboxylic acids is 1. The Bertz CT molecular complexity index is 1360. The summed E-state index contributed by atoms with van der Waals surface area (Å²) in [4.78, 5) is 22.3. The van der Waals surface area contributed by atoms with Gasteiger partial charge in [-0.1, -0.05) is 23.4 Å². The molecule has 10 heteroatoms. The van der Waals surface area contributed by atoms with E-state index in [0.29, 0.717) is 30.8 Å². The molecule has 1 amide bonds. The van der Waals surface area contributed by atoms with Crippen LogP contribution in [0.25, 0.3) is 11.0 Å². The number of halogens is 1. The molecule has 0 unspecified atom stereocenters. The Morgan fingerprint density at radius 1 is 1.20 bits per heavy atom. The van der Waals surface area contributed by atoms with Crippen molar-refractivity contribution in [3.8, 4) is 0 Å². The Balaban J connectivity index is 1.03. The van der Waals surface area contributed by atoms with Crippen LogP contribution in [-0.2, 0) is 24.4 Å². The number of rotatable bonds is 5. The molecule has 2 aliphatic heterocycles. The zero-order valence-electron chi connectivity index (χ0n) is 19.2. The van der Waals surface area contributed by atoms with Crippen LogP contribution in [0.3, 0.4) is 0 Å². The number of likely N-dealkylation sites (tertiary alicyclic amines) is 1. The van der Waals surface area contributed by atoms with Crippen LogP contribution in [0, 0.1) is 5.82 Å². The van der Waals surface area contributed by atoms with E-state index in [9.17, 15) is 9.18 Å². The van der Waals surface area contributed by atoms with Crippen molar-refractivity contribution in [2.75, 3.05) is 13.1 Å². The minimum atomic E-state index is -0.369. The van der Waals surface area contributed by atoms with Crippen molar-refractivity contribution in [1.82, 2.24) is 35.2 Å². The molecule has 4 heterocycles. The number of benzene rings is 2. The van der Waals surface area contributed by atoms with Gasteiger partial charge in [0.2, 0.25) is 0 Å². The molecule has 35 heavy (non-hydrogen) atoms. The summed E-state index contributed by atoms with van der Waals surface area (Å²) in [5.74, 6) is -0.327. The van der Waals surface area contributed by atoms with Crippen molar-refractivity contribution in [1.29, 1.82) is 0 Å². The number of ether oxygens (including phenoxy) is 1. The lowest BCUT2D eigenvalue weighted by Gasteiger charge is -2.32. The summed E-state index contributed by atoms with van der Waals surface area (Å²) in [7, 11) is 0. The maximum Gasteiger partial charge on any atom is 0.251 e. The van der Waals surface area contributed by atoms with Crippen LogP contribution in [0.5, 0.6) is 0 Å². The average molecular weight is 476 g/mol. The number of fused-ring (bicyclic) bond motifs is 2. The SMILES string of the molecule is O=C(NC1CCN(Cc2nnn3c2CO[C@@H](c2ccccc2F)C3)CC1)c1ccc2nc[nH]c2c1. The van der Waals surface area contributed by atoms with Crippen molar-refractivity contribution >= 4 is 16.9 Å². The molecule has 1 saturated heterocycles. The highest BCUT2D eigenvalue weighted by molar-refractivity contribution is 5.97. The van der Waals surface area contributed by atoms with Crippen LogP contribution in [0.15, 0.2) is 48.8 Å². The van der Waals surface area contributed by atoms with Gasteiger partial charge in [0.05, 0.1) is 36.2 Å². The van der Waals surface area contributed by atoms with Crippen LogP contribution in [0.4, 0.5) is 4.39 Å². The zero-order chi connectivity index (χ0) is 23.8. The monoisotopic (exact) mass is 475 g/mol. The van der Waals surface area contributed by atoms with Gasteiger partial charge in [-0.2, -0.15) is 0 Å². The van der Waals surface area contributed by atoms with E-state index in [0.717, 1.165) is 48.4 Å². The van der Waals surface area contributed by atoms with Crippen molar-refractivity contribution in [2.24, 2.45) is 0 Å². The number of hydrogen-bond acceptors (Lipinski definition) is 6. The smallest absolute Gasteiger partial charge is 0.251 e. The molecule has 0 aliphatic carbocycles. The Kier molecular flexibility index (Phi) is 5.75. The number of hydrogen-bond donors (Lipinski definition) is 2. The number of nitrogens with zero attached hydrogens (tertiary/aromatic N) is 5. The highest BCUT2D eigenvalue weighted by Gasteiger charge is 2.28. The van der Waals surface area contributed by atoms with Crippen LogP contribution in [0.2, 0.25) is 0 Å². The summed E-state index contributed by atoms with van der Waals surface area (Å²) in [6.07, 6.45) is 3.00. The summed E-state index contributed by atoms with van der Waals surface area (Å²) < 4.78 is 22.0. The number of amides is 1. The molecular formula is C25H26FN7O2. The number of carbonyl (C=O) groups is 1. The van der Waals surface area contributed by atoms with Gasteiger partial charge >= 0.3 is 0 Å². The first kappa shape index (κ1) is 21.9. The summed E-state index contributed by atoms with van der Waals surface area (Å²) in [5, 5.41) is 11.9. The largest absolute Gasteiger partial charge is 0.365 e. The van der Waals surface area contributed by atoms with Gasteiger partial charge in [-0.15, -0.1) is 5.10 Å². The van der Waals surface area contributed by atoms with E-state index in [2.05, 4.69) is 30.5 Å². The Morgan fingerprint density at radius 3 is 2.91 bits per heavy atom. The average Bonchev–Trinajstić information content (AvgIpc) is 3.51. The number of imidazole rings is 1. The Hall–Kier alpha value is -3.63. The first-order valence-electron chi connectivity index (χ1n) is 11.9. The maximum absolute atomic E-state index is 14.2. The lowest BCUT2D eigenvalue weighted by atomic mass is 10.0. The van der Waals surface area contributed by atoms with Crippen molar-refractivity contribution < 1.29 is 13.9 Å². The lowest BCUT2D eigenvalue weighted by Crippen LogP contribution is -2.44. The normalized spacial score (nSPS) is 19.1. The van der Waals surface area contributed by atoms with E-state index in [4.69, 9.17) is 4.74 Å². The predicted molar refractivity (Wildman–Crippen MR) is 126 cm³/mol. The van der Waals surface area contributed by atoms with Crippen molar-refractivity contribution in [3.05, 3.63) is 77.1 Å². The van der Waals surface area contributed by atoms with Crippen LogP contribution < -0.4 is 5.32 Å². The Morgan fingerprint density at radius 2 is 2.06 bits per heavy atom. The first-order valence-corrected chi connectivity index (χ1v) is 11.9. The number of nitrogens with one attached hydrogen (secondary N) is 2. The molecule has 0 saturated carbocycles. The standard InChI is InChI=1S/C25H26FN7O2/c26-19-4-2-1-3-18(19)24-13-33-23(14-35-24)22(30-31-33)12-32-9-7-17(8-10-32)29-25(34)16-5-6-20-21(11-16)28-15-27-20/h1-6,11,15,17,24H,7-10,12-14H2,(H,27,28)(H,29,34)/t24-/m1/s1. The van der Waals surface area contributed by atoms with Gasteiger partial charge in [-0.05, 0) is 37.1 Å². The molecular weight excluding hydrogens is 449 g/mol. The summed E-state index contributed by atoms with van der Waals surface area (Å²) in [6.45, 7) is 3.20. The molecule has 0 bridgehead atoms. The van der Waals surface area contributed by atoms with E-state index < -0.39 is 0 Å². The van der Waals surface area contributed by atoms with Crippen LogP contribution in [0.1, 0.15) is 46.3 Å². The highest BCUT2D eigenvalue weighted by Crippen LogP contribution is 2.29. The fourth-order valence-corrected chi connectivity index (χ4v) is 4.90. The molecule has 2 aromatic heterocycles. The molecule has 2 N–H and O–H groups in total. The second kappa shape index (κ2) is 9.20. The fourth-order valence-electron chi connectivity index (χ4n) is 4.90. The lowest BCUT2D eigenvalue weighted by molar-refractivity contribution is -0.00414. The van der Waals surface area contributed by atoms with Gasteiger partial charge in [0.1, 0.15) is 17.6 Å². The first-order chi connectivity index (χ1) is 17.1. The minimum Gasteiger partial charge on any atom is -0.365 e. The second-order valence-electron chi connectivity index (χ2n) is 9.14.